The fourth-order valence-corrected chi connectivity index (χ4v) is 2.91. The van der Waals surface area contributed by atoms with Crippen molar-refractivity contribution in [2.45, 2.75) is 18.9 Å². The second-order valence-corrected chi connectivity index (χ2v) is 6.22. The van der Waals surface area contributed by atoms with Crippen molar-refractivity contribution in [3.05, 3.63) is 34.3 Å². The predicted molar refractivity (Wildman–Crippen MR) is 84.4 cm³/mol. The smallest absolute Gasteiger partial charge is 0.236 e. The normalized spacial score (nSPS) is 16.7. The molecule has 0 spiro atoms. The third-order valence-corrected chi connectivity index (χ3v) is 4.38. The van der Waals surface area contributed by atoms with Gasteiger partial charge in [0, 0.05) is 30.1 Å². The third kappa shape index (κ3) is 3.81. The molecule has 1 aliphatic rings. The highest BCUT2D eigenvalue weighted by molar-refractivity contribution is 9.10. The van der Waals surface area contributed by atoms with E-state index in [-0.39, 0.29) is 11.9 Å². The monoisotopic (exact) mass is 339 g/mol. The minimum absolute atomic E-state index is 0.0784. The fraction of sp³-hybridized carbons (Fsp3) is 0.533. The molecule has 5 heteroatoms. The van der Waals surface area contributed by atoms with Gasteiger partial charge in [-0.25, -0.2) is 0 Å². The van der Waals surface area contributed by atoms with Crippen LogP contribution in [-0.2, 0) is 4.79 Å². The first-order valence-electron chi connectivity index (χ1n) is 7.05. The molecule has 1 aliphatic heterocycles. The summed E-state index contributed by atoms with van der Waals surface area (Å²) in [6, 6.07) is 8.20. The molecule has 1 fully saturated rings. The maximum atomic E-state index is 12.2. The molecule has 1 unspecified atom stereocenters. The van der Waals surface area contributed by atoms with Gasteiger partial charge in [-0.2, -0.15) is 0 Å². The fourth-order valence-electron chi connectivity index (χ4n) is 2.65. The Morgan fingerprint density at radius 1 is 1.35 bits per heavy atom. The molecule has 110 valence electrons. The van der Waals surface area contributed by atoms with E-state index in [4.69, 9.17) is 5.73 Å². The third-order valence-electron chi connectivity index (χ3n) is 3.85. The lowest BCUT2D eigenvalue weighted by molar-refractivity contribution is -0.131. The first-order valence-corrected chi connectivity index (χ1v) is 7.84. The van der Waals surface area contributed by atoms with E-state index in [1.165, 1.54) is 0 Å². The van der Waals surface area contributed by atoms with Gasteiger partial charge in [-0.1, -0.05) is 28.1 Å². The maximum absolute atomic E-state index is 12.2. The Bertz CT molecular complexity index is 443. The van der Waals surface area contributed by atoms with Crippen molar-refractivity contribution in [1.29, 1.82) is 0 Å². The van der Waals surface area contributed by atoms with E-state index in [1.807, 2.05) is 29.0 Å². The van der Waals surface area contributed by atoms with Crippen molar-refractivity contribution >= 4 is 21.8 Å². The Balaban J connectivity index is 1.99. The molecule has 0 aliphatic carbocycles. The number of nitrogens with zero attached hydrogens (tertiary/aromatic N) is 2. The molecule has 1 aromatic carbocycles. The molecule has 1 saturated heterocycles. The van der Waals surface area contributed by atoms with Crippen LogP contribution in [0.15, 0.2) is 28.7 Å². The van der Waals surface area contributed by atoms with Gasteiger partial charge in [0.2, 0.25) is 5.91 Å². The number of carbonyl (C=O) groups excluding carboxylic acids is 1. The predicted octanol–water partition coefficient (Wildman–Crippen LogP) is 2.00. The first-order chi connectivity index (χ1) is 9.61. The highest BCUT2D eigenvalue weighted by atomic mass is 79.9. The Labute approximate surface area is 129 Å². The van der Waals surface area contributed by atoms with E-state index in [1.54, 1.807) is 0 Å². The molecule has 1 aromatic rings. The van der Waals surface area contributed by atoms with E-state index in [0.717, 1.165) is 36.0 Å². The molecule has 20 heavy (non-hydrogen) atoms. The minimum Gasteiger partial charge on any atom is -0.342 e. The summed E-state index contributed by atoms with van der Waals surface area (Å²) >= 11 is 3.43. The summed E-state index contributed by atoms with van der Waals surface area (Å²) in [5.41, 5.74) is 7.04. The van der Waals surface area contributed by atoms with Crippen LogP contribution in [0.3, 0.4) is 0 Å². The Kier molecular flexibility index (Phi) is 5.57. The lowest BCUT2D eigenvalue weighted by Gasteiger charge is -2.28. The van der Waals surface area contributed by atoms with Gasteiger partial charge in [0.1, 0.15) is 0 Å². The first kappa shape index (κ1) is 15.5. The summed E-state index contributed by atoms with van der Waals surface area (Å²) in [6.07, 6.45) is 2.25. The zero-order valence-electron chi connectivity index (χ0n) is 11.9. The molecular formula is C15H22BrN3O. The van der Waals surface area contributed by atoms with E-state index in [9.17, 15) is 4.79 Å². The Hall–Kier alpha value is -0.910. The largest absolute Gasteiger partial charge is 0.342 e. The lowest BCUT2D eigenvalue weighted by atomic mass is 10.1. The van der Waals surface area contributed by atoms with Crippen molar-refractivity contribution in [2.24, 2.45) is 5.73 Å². The van der Waals surface area contributed by atoms with E-state index in [2.05, 4.69) is 28.1 Å². The van der Waals surface area contributed by atoms with Gasteiger partial charge < -0.3 is 10.6 Å². The van der Waals surface area contributed by atoms with Crippen LogP contribution in [0.1, 0.15) is 24.4 Å². The number of rotatable bonds is 5. The van der Waals surface area contributed by atoms with Gasteiger partial charge in [0.15, 0.2) is 0 Å². The average molecular weight is 340 g/mol. The molecule has 4 nitrogen and oxygen atoms in total. The number of hydrogen-bond donors (Lipinski definition) is 1. The van der Waals surface area contributed by atoms with Crippen LogP contribution in [-0.4, -0.2) is 48.9 Å². The number of carbonyl (C=O) groups is 1. The summed E-state index contributed by atoms with van der Waals surface area (Å²) < 4.78 is 1.05. The topological polar surface area (TPSA) is 49.6 Å². The number of likely N-dealkylation sites (N-methyl/N-ethyl adjacent to an activating group) is 1. The van der Waals surface area contributed by atoms with Crippen molar-refractivity contribution < 1.29 is 4.79 Å². The molecule has 2 N–H and O–H groups in total. The minimum atomic E-state index is 0.0784. The highest BCUT2D eigenvalue weighted by Gasteiger charge is 2.22. The van der Waals surface area contributed by atoms with Gasteiger partial charge in [-0.05, 0) is 37.6 Å². The second kappa shape index (κ2) is 7.20. The van der Waals surface area contributed by atoms with Crippen molar-refractivity contribution in [3.8, 4) is 0 Å². The highest BCUT2D eigenvalue weighted by Crippen LogP contribution is 2.21. The van der Waals surface area contributed by atoms with Crippen LogP contribution in [0, 0.1) is 0 Å². The van der Waals surface area contributed by atoms with Crippen LogP contribution in [0.5, 0.6) is 0 Å². The molecule has 0 saturated carbocycles. The molecule has 1 amide bonds. The lowest BCUT2D eigenvalue weighted by Crippen LogP contribution is -2.40. The molecule has 0 radical (unpaired) electrons. The van der Waals surface area contributed by atoms with Crippen LogP contribution in [0.4, 0.5) is 0 Å². The van der Waals surface area contributed by atoms with Gasteiger partial charge in [-0.3, -0.25) is 9.69 Å². The maximum Gasteiger partial charge on any atom is 0.236 e. The number of likely N-dealkylation sites (tertiary alicyclic amines) is 1. The SMILES string of the molecule is CN(CC(=O)N1CCCC1)C(CN)c1ccc(Br)cc1. The number of benzene rings is 1. The van der Waals surface area contributed by atoms with Crippen LogP contribution < -0.4 is 5.73 Å². The number of halogens is 1. The van der Waals surface area contributed by atoms with Gasteiger partial charge >= 0.3 is 0 Å². The Morgan fingerprint density at radius 2 is 1.95 bits per heavy atom. The molecule has 1 atom stereocenters. The summed E-state index contributed by atoms with van der Waals surface area (Å²) in [5.74, 6) is 0.209. The van der Waals surface area contributed by atoms with Crippen LogP contribution in [0.2, 0.25) is 0 Å². The molecule has 0 bridgehead atoms. The summed E-state index contributed by atoms with van der Waals surface area (Å²) in [6.45, 7) is 2.74. The summed E-state index contributed by atoms with van der Waals surface area (Å²) in [4.78, 5) is 16.2. The van der Waals surface area contributed by atoms with Gasteiger partial charge in [-0.15, -0.1) is 0 Å². The molecule has 1 heterocycles. The van der Waals surface area contributed by atoms with Crippen molar-refractivity contribution in [1.82, 2.24) is 9.80 Å². The van der Waals surface area contributed by atoms with E-state index >= 15 is 0 Å². The summed E-state index contributed by atoms with van der Waals surface area (Å²) in [7, 11) is 1.97. The quantitative estimate of drug-likeness (QED) is 0.892. The zero-order chi connectivity index (χ0) is 14.5. The van der Waals surface area contributed by atoms with Crippen LogP contribution >= 0.6 is 15.9 Å². The standard InChI is InChI=1S/C15H22BrN3O/c1-18(11-15(20)19-8-2-3-9-19)14(10-17)12-4-6-13(16)7-5-12/h4-7,14H,2-3,8-11,17H2,1H3. The Morgan fingerprint density at radius 3 is 2.50 bits per heavy atom. The van der Waals surface area contributed by atoms with Crippen molar-refractivity contribution in [3.63, 3.8) is 0 Å². The van der Waals surface area contributed by atoms with Gasteiger partial charge in [0.05, 0.1) is 6.54 Å². The number of amides is 1. The zero-order valence-corrected chi connectivity index (χ0v) is 13.5. The van der Waals surface area contributed by atoms with E-state index in [0.29, 0.717) is 13.1 Å². The van der Waals surface area contributed by atoms with Crippen LogP contribution in [0.25, 0.3) is 0 Å². The number of nitrogens with two attached hydrogens (primary N) is 1. The second-order valence-electron chi connectivity index (χ2n) is 5.31. The van der Waals surface area contributed by atoms with Crippen molar-refractivity contribution in [2.75, 3.05) is 33.2 Å². The molecule has 2 rings (SSSR count). The number of hydrogen-bond acceptors (Lipinski definition) is 3. The average Bonchev–Trinajstić information content (AvgIpc) is 2.96. The molecular weight excluding hydrogens is 318 g/mol. The summed E-state index contributed by atoms with van der Waals surface area (Å²) in [5, 5.41) is 0. The van der Waals surface area contributed by atoms with E-state index < -0.39 is 0 Å². The molecule has 0 aromatic heterocycles. The van der Waals surface area contributed by atoms with Gasteiger partial charge in [0.25, 0.3) is 0 Å².